The van der Waals surface area contributed by atoms with Crippen LogP contribution in [-0.2, 0) is 16.6 Å². The fraction of sp³-hybridized carbons (Fsp3) is 0.600. The molecule has 1 fully saturated rings. The van der Waals surface area contributed by atoms with E-state index in [0.29, 0.717) is 17.5 Å². The van der Waals surface area contributed by atoms with E-state index in [2.05, 4.69) is 5.32 Å². The minimum Gasteiger partial charge on any atom is -0.395 e. The number of aliphatic hydroxyl groups excluding tert-OH is 1. The summed E-state index contributed by atoms with van der Waals surface area (Å²) >= 11 is 0. The van der Waals surface area contributed by atoms with Crippen LogP contribution in [0.5, 0.6) is 0 Å². The monoisotopic (exact) mass is 312 g/mol. The maximum absolute atomic E-state index is 12.5. The maximum Gasteiger partial charge on any atom is 0.243 e. The van der Waals surface area contributed by atoms with Gasteiger partial charge in [-0.3, -0.25) is 0 Å². The summed E-state index contributed by atoms with van der Waals surface area (Å²) in [4.78, 5) is 0.291. The SMILES string of the molecule is CCCN(CCO)S(=O)(=O)c1ccc(CNC2CC2)cc1. The third-order valence-corrected chi connectivity index (χ3v) is 5.47. The zero-order valence-electron chi connectivity index (χ0n) is 12.5. The second kappa shape index (κ2) is 7.35. The Morgan fingerprint density at radius 3 is 2.43 bits per heavy atom. The molecule has 0 bridgehead atoms. The Hall–Kier alpha value is -0.950. The van der Waals surface area contributed by atoms with Crippen molar-refractivity contribution in [2.45, 2.75) is 43.7 Å². The number of benzene rings is 1. The largest absolute Gasteiger partial charge is 0.395 e. The molecule has 1 aromatic carbocycles. The number of hydrogen-bond acceptors (Lipinski definition) is 4. The molecule has 1 aromatic rings. The highest BCUT2D eigenvalue weighted by Gasteiger charge is 2.23. The summed E-state index contributed by atoms with van der Waals surface area (Å²) < 4.78 is 26.3. The summed E-state index contributed by atoms with van der Waals surface area (Å²) in [5, 5.41) is 12.4. The summed E-state index contributed by atoms with van der Waals surface area (Å²) in [6.45, 7) is 3.10. The Morgan fingerprint density at radius 2 is 1.90 bits per heavy atom. The van der Waals surface area contributed by atoms with Gasteiger partial charge in [0.1, 0.15) is 0 Å². The summed E-state index contributed by atoms with van der Waals surface area (Å²) in [5.41, 5.74) is 1.09. The number of aliphatic hydroxyl groups is 1. The molecule has 1 saturated carbocycles. The summed E-state index contributed by atoms with van der Waals surface area (Å²) in [5.74, 6) is 0. The van der Waals surface area contributed by atoms with E-state index in [-0.39, 0.29) is 13.2 Å². The van der Waals surface area contributed by atoms with Crippen molar-refractivity contribution in [3.63, 3.8) is 0 Å². The molecule has 118 valence electrons. The van der Waals surface area contributed by atoms with Gasteiger partial charge in [0.05, 0.1) is 11.5 Å². The zero-order valence-corrected chi connectivity index (χ0v) is 13.3. The zero-order chi connectivity index (χ0) is 15.3. The molecule has 0 radical (unpaired) electrons. The van der Waals surface area contributed by atoms with Crippen molar-refractivity contribution in [2.24, 2.45) is 0 Å². The fourth-order valence-corrected chi connectivity index (χ4v) is 3.71. The van der Waals surface area contributed by atoms with Gasteiger partial charge in [0, 0.05) is 25.7 Å². The molecule has 1 aliphatic carbocycles. The molecule has 2 rings (SSSR count). The van der Waals surface area contributed by atoms with Gasteiger partial charge < -0.3 is 10.4 Å². The third-order valence-electron chi connectivity index (χ3n) is 3.56. The molecule has 21 heavy (non-hydrogen) atoms. The van der Waals surface area contributed by atoms with Crippen molar-refractivity contribution in [1.82, 2.24) is 9.62 Å². The predicted octanol–water partition coefficient (Wildman–Crippen LogP) is 1.33. The van der Waals surface area contributed by atoms with Crippen molar-refractivity contribution in [1.29, 1.82) is 0 Å². The number of nitrogens with zero attached hydrogens (tertiary/aromatic N) is 1. The molecule has 0 unspecified atom stereocenters. The molecule has 0 aliphatic heterocycles. The van der Waals surface area contributed by atoms with Crippen molar-refractivity contribution >= 4 is 10.0 Å². The molecule has 0 spiro atoms. The molecule has 0 saturated heterocycles. The molecule has 0 atom stereocenters. The predicted molar refractivity (Wildman–Crippen MR) is 82.4 cm³/mol. The number of sulfonamides is 1. The molecule has 0 heterocycles. The van der Waals surface area contributed by atoms with Crippen LogP contribution in [0.4, 0.5) is 0 Å². The summed E-state index contributed by atoms with van der Waals surface area (Å²) in [6.07, 6.45) is 3.20. The van der Waals surface area contributed by atoms with Crippen LogP contribution in [0.15, 0.2) is 29.2 Å². The second-order valence-electron chi connectivity index (χ2n) is 5.43. The van der Waals surface area contributed by atoms with Gasteiger partial charge in [0.15, 0.2) is 0 Å². The van der Waals surface area contributed by atoms with Crippen molar-refractivity contribution in [3.8, 4) is 0 Å². The van der Waals surface area contributed by atoms with E-state index < -0.39 is 10.0 Å². The lowest BCUT2D eigenvalue weighted by Crippen LogP contribution is -2.34. The number of hydrogen-bond donors (Lipinski definition) is 2. The van der Waals surface area contributed by atoms with Gasteiger partial charge >= 0.3 is 0 Å². The van der Waals surface area contributed by atoms with Gasteiger partial charge in [-0.2, -0.15) is 4.31 Å². The van der Waals surface area contributed by atoms with Crippen LogP contribution < -0.4 is 5.32 Å². The Morgan fingerprint density at radius 1 is 1.24 bits per heavy atom. The highest BCUT2D eigenvalue weighted by molar-refractivity contribution is 7.89. The Bertz CT molecular complexity index is 533. The van der Waals surface area contributed by atoms with Gasteiger partial charge in [-0.05, 0) is 37.0 Å². The molecule has 2 N–H and O–H groups in total. The first-order chi connectivity index (χ1) is 10.1. The number of nitrogens with one attached hydrogen (secondary N) is 1. The second-order valence-corrected chi connectivity index (χ2v) is 7.36. The first kappa shape index (κ1) is 16.4. The van der Waals surface area contributed by atoms with Crippen molar-refractivity contribution in [3.05, 3.63) is 29.8 Å². The lowest BCUT2D eigenvalue weighted by atomic mass is 10.2. The van der Waals surface area contributed by atoms with Crippen LogP contribution in [0.2, 0.25) is 0 Å². The lowest BCUT2D eigenvalue weighted by Gasteiger charge is -2.20. The normalized spacial score (nSPS) is 15.6. The third kappa shape index (κ3) is 4.51. The summed E-state index contributed by atoms with van der Waals surface area (Å²) in [6, 6.07) is 7.65. The van der Waals surface area contributed by atoms with E-state index in [1.54, 1.807) is 12.1 Å². The first-order valence-electron chi connectivity index (χ1n) is 7.51. The van der Waals surface area contributed by atoms with Gasteiger partial charge in [0.2, 0.25) is 10.0 Å². The minimum absolute atomic E-state index is 0.140. The Labute approximate surface area is 127 Å². The van der Waals surface area contributed by atoms with Gasteiger partial charge in [-0.15, -0.1) is 0 Å². The van der Waals surface area contributed by atoms with Gasteiger partial charge in [0.25, 0.3) is 0 Å². The Kier molecular flexibility index (Phi) is 5.75. The highest BCUT2D eigenvalue weighted by atomic mass is 32.2. The van der Waals surface area contributed by atoms with E-state index in [0.717, 1.165) is 18.5 Å². The van der Waals surface area contributed by atoms with E-state index in [4.69, 9.17) is 5.11 Å². The first-order valence-corrected chi connectivity index (χ1v) is 8.95. The standard InChI is InChI=1S/C15H24N2O3S/c1-2-9-17(10-11-18)21(19,20)15-7-3-13(4-8-15)12-16-14-5-6-14/h3-4,7-8,14,16,18H,2,5-6,9-12H2,1H3. The molecule has 6 heteroatoms. The van der Waals surface area contributed by atoms with Crippen LogP contribution >= 0.6 is 0 Å². The van der Waals surface area contributed by atoms with Crippen molar-refractivity contribution in [2.75, 3.05) is 19.7 Å². The van der Waals surface area contributed by atoms with Crippen LogP contribution in [-0.4, -0.2) is 43.6 Å². The van der Waals surface area contributed by atoms with E-state index >= 15 is 0 Å². The highest BCUT2D eigenvalue weighted by Crippen LogP contribution is 2.20. The van der Waals surface area contributed by atoms with E-state index in [9.17, 15) is 8.42 Å². The molecule has 0 aromatic heterocycles. The minimum atomic E-state index is -3.51. The molecule has 0 amide bonds. The lowest BCUT2D eigenvalue weighted by molar-refractivity contribution is 0.253. The quantitative estimate of drug-likeness (QED) is 0.722. The molecular formula is C15H24N2O3S. The Balaban J connectivity index is 2.06. The van der Waals surface area contributed by atoms with Crippen LogP contribution in [0, 0.1) is 0 Å². The van der Waals surface area contributed by atoms with Crippen LogP contribution in [0.25, 0.3) is 0 Å². The van der Waals surface area contributed by atoms with Crippen LogP contribution in [0.3, 0.4) is 0 Å². The summed E-state index contributed by atoms with van der Waals surface area (Å²) in [7, 11) is -3.51. The van der Waals surface area contributed by atoms with E-state index in [1.165, 1.54) is 17.1 Å². The van der Waals surface area contributed by atoms with Crippen molar-refractivity contribution < 1.29 is 13.5 Å². The fourth-order valence-electron chi connectivity index (χ4n) is 2.19. The average Bonchev–Trinajstić information content (AvgIpc) is 3.29. The molecule has 5 nitrogen and oxygen atoms in total. The van der Waals surface area contributed by atoms with Crippen LogP contribution in [0.1, 0.15) is 31.7 Å². The topological polar surface area (TPSA) is 69.6 Å². The van der Waals surface area contributed by atoms with Gasteiger partial charge in [-0.25, -0.2) is 8.42 Å². The molecule has 1 aliphatic rings. The number of rotatable bonds is 9. The smallest absolute Gasteiger partial charge is 0.243 e. The maximum atomic E-state index is 12.5. The average molecular weight is 312 g/mol. The van der Waals surface area contributed by atoms with E-state index in [1.807, 2.05) is 19.1 Å². The van der Waals surface area contributed by atoms with Gasteiger partial charge in [-0.1, -0.05) is 19.1 Å². The molecular weight excluding hydrogens is 288 g/mol.